The van der Waals surface area contributed by atoms with Gasteiger partial charge in [0.15, 0.2) is 0 Å². The van der Waals surface area contributed by atoms with Crippen molar-refractivity contribution < 1.29 is 13.9 Å². The number of rotatable bonds is 1. The fraction of sp³-hybridized carbons (Fsp3) is 0.250. The van der Waals surface area contributed by atoms with Gasteiger partial charge in [-0.2, -0.15) is 0 Å². The van der Waals surface area contributed by atoms with E-state index in [2.05, 4.69) is 4.74 Å². The van der Waals surface area contributed by atoms with Crippen molar-refractivity contribution in [3.8, 4) is 0 Å². The quantitative estimate of drug-likeness (QED) is 0.670. The van der Waals surface area contributed by atoms with Crippen LogP contribution in [0.25, 0.3) is 11.0 Å². The number of hydrogen-bond acceptors (Lipinski definition) is 3. The second-order valence-corrected chi connectivity index (χ2v) is 3.50. The standard InChI is InChI=1S/C12H12O3/c1-7-5-4-6-9-10(7)8(2)11(15-9)12(13)14-3/h4-6H,1-3H3. The van der Waals surface area contributed by atoms with Crippen LogP contribution in [-0.4, -0.2) is 13.1 Å². The van der Waals surface area contributed by atoms with Gasteiger partial charge in [0.2, 0.25) is 5.76 Å². The Kier molecular flexibility index (Phi) is 2.23. The highest BCUT2D eigenvalue weighted by atomic mass is 16.5. The lowest BCUT2D eigenvalue weighted by molar-refractivity contribution is 0.0566. The van der Waals surface area contributed by atoms with E-state index in [9.17, 15) is 4.79 Å². The Bertz CT molecular complexity index is 523. The highest BCUT2D eigenvalue weighted by molar-refractivity contribution is 5.96. The topological polar surface area (TPSA) is 39.4 Å². The second-order valence-electron chi connectivity index (χ2n) is 3.50. The summed E-state index contributed by atoms with van der Waals surface area (Å²) in [6, 6.07) is 5.75. The Morgan fingerprint density at radius 3 is 2.67 bits per heavy atom. The third-order valence-electron chi connectivity index (χ3n) is 2.53. The van der Waals surface area contributed by atoms with Crippen molar-refractivity contribution >= 4 is 16.9 Å². The average molecular weight is 204 g/mol. The maximum atomic E-state index is 11.4. The van der Waals surface area contributed by atoms with E-state index in [1.54, 1.807) is 0 Å². The molecule has 0 unspecified atom stereocenters. The molecule has 15 heavy (non-hydrogen) atoms. The van der Waals surface area contributed by atoms with Crippen LogP contribution in [0, 0.1) is 13.8 Å². The molecule has 3 nitrogen and oxygen atoms in total. The van der Waals surface area contributed by atoms with Crippen LogP contribution >= 0.6 is 0 Å². The van der Waals surface area contributed by atoms with Gasteiger partial charge in [0.25, 0.3) is 0 Å². The predicted molar refractivity (Wildman–Crippen MR) is 57.0 cm³/mol. The molecule has 78 valence electrons. The van der Waals surface area contributed by atoms with Crippen LogP contribution < -0.4 is 0 Å². The van der Waals surface area contributed by atoms with Gasteiger partial charge in [-0.3, -0.25) is 0 Å². The summed E-state index contributed by atoms with van der Waals surface area (Å²) in [7, 11) is 1.35. The summed E-state index contributed by atoms with van der Waals surface area (Å²) in [5.74, 6) is -0.134. The van der Waals surface area contributed by atoms with Gasteiger partial charge in [0, 0.05) is 10.9 Å². The molecule has 0 aliphatic rings. The molecule has 0 aliphatic carbocycles. The molecule has 2 rings (SSSR count). The minimum absolute atomic E-state index is 0.293. The van der Waals surface area contributed by atoms with Crippen LogP contribution in [0.1, 0.15) is 21.7 Å². The Morgan fingerprint density at radius 1 is 1.33 bits per heavy atom. The van der Waals surface area contributed by atoms with E-state index in [4.69, 9.17) is 4.42 Å². The van der Waals surface area contributed by atoms with E-state index in [-0.39, 0.29) is 0 Å². The Labute approximate surface area is 87.6 Å². The molecular weight excluding hydrogens is 192 g/mol. The minimum atomic E-state index is -0.428. The zero-order valence-corrected chi connectivity index (χ0v) is 8.96. The van der Waals surface area contributed by atoms with E-state index in [0.717, 1.165) is 22.1 Å². The Balaban J connectivity index is 2.75. The van der Waals surface area contributed by atoms with Crippen molar-refractivity contribution in [1.29, 1.82) is 0 Å². The van der Waals surface area contributed by atoms with Crippen LogP contribution in [-0.2, 0) is 4.74 Å². The molecule has 0 saturated heterocycles. The number of esters is 1. The summed E-state index contributed by atoms with van der Waals surface area (Å²) >= 11 is 0. The first-order valence-electron chi connectivity index (χ1n) is 4.72. The Hall–Kier alpha value is -1.77. The number of furan rings is 1. The monoisotopic (exact) mass is 204 g/mol. The lowest BCUT2D eigenvalue weighted by atomic mass is 10.1. The fourth-order valence-electron chi connectivity index (χ4n) is 1.79. The summed E-state index contributed by atoms with van der Waals surface area (Å²) < 4.78 is 10.1. The van der Waals surface area contributed by atoms with E-state index in [0.29, 0.717) is 5.76 Å². The van der Waals surface area contributed by atoms with Crippen molar-refractivity contribution in [2.24, 2.45) is 0 Å². The van der Waals surface area contributed by atoms with Crippen LogP contribution in [0.15, 0.2) is 22.6 Å². The first-order chi connectivity index (χ1) is 7.15. The summed E-state index contributed by atoms with van der Waals surface area (Å²) in [6.45, 7) is 3.86. The molecule has 0 fully saturated rings. The molecule has 1 heterocycles. The molecule has 0 atom stereocenters. The number of hydrogen-bond donors (Lipinski definition) is 0. The molecule has 1 aromatic carbocycles. The molecule has 0 saturated carbocycles. The van der Waals surface area contributed by atoms with Gasteiger partial charge in [-0.25, -0.2) is 4.79 Å². The molecule has 0 aliphatic heterocycles. The number of carbonyl (C=O) groups excluding carboxylic acids is 1. The van der Waals surface area contributed by atoms with Gasteiger partial charge in [-0.15, -0.1) is 0 Å². The molecule has 1 aromatic heterocycles. The summed E-state index contributed by atoms with van der Waals surface area (Å²) in [5, 5.41) is 0.998. The third kappa shape index (κ3) is 1.40. The van der Waals surface area contributed by atoms with Crippen LogP contribution in [0.3, 0.4) is 0 Å². The van der Waals surface area contributed by atoms with Gasteiger partial charge >= 0.3 is 5.97 Å². The van der Waals surface area contributed by atoms with Crippen LogP contribution in [0.4, 0.5) is 0 Å². The smallest absolute Gasteiger partial charge is 0.374 e. The van der Waals surface area contributed by atoms with Crippen molar-refractivity contribution in [3.05, 3.63) is 35.1 Å². The molecule has 0 spiro atoms. The maximum absolute atomic E-state index is 11.4. The summed E-state index contributed by atoms with van der Waals surface area (Å²) in [6.07, 6.45) is 0. The molecule has 0 bridgehead atoms. The van der Waals surface area contributed by atoms with Crippen LogP contribution in [0.5, 0.6) is 0 Å². The third-order valence-corrected chi connectivity index (χ3v) is 2.53. The molecule has 0 radical (unpaired) electrons. The van der Waals surface area contributed by atoms with Crippen molar-refractivity contribution in [2.45, 2.75) is 13.8 Å². The van der Waals surface area contributed by atoms with Gasteiger partial charge in [-0.1, -0.05) is 12.1 Å². The van der Waals surface area contributed by atoms with Crippen molar-refractivity contribution in [1.82, 2.24) is 0 Å². The molecular formula is C12H12O3. The van der Waals surface area contributed by atoms with Crippen molar-refractivity contribution in [3.63, 3.8) is 0 Å². The number of ether oxygens (including phenoxy) is 1. The van der Waals surface area contributed by atoms with E-state index >= 15 is 0 Å². The zero-order valence-electron chi connectivity index (χ0n) is 8.96. The summed E-state index contributed by atoms with van der Waals surface area (Å²) in [5.41, 5.74) is 2.67. The number of benzene rings is 1. The Morgan fingerprint density at radius 2 is 2.07 bits per heavy atom. The van der Waals surface area contributed by atoms with E-state index in [1.807, 2.05) is 32.0 Å². The van der Waals surface area contributed by atoms with Crippen LogP contribution in [0.2, 0.25) is 0 Å². The largest absolute Gasteiger partial charge is 0.463 e. The molecule has 0 amide bonds. The van der Waals surface area contributed by atoms with E-state index in [1.165, 1.54) is 7.11 Å². The highest BCUT2D eigenvalue weighted by Crippen LogP contribution is 2.28. The predicted octanol–water partition coefficient (Wildman–Crippen LogP) is 2.84. The molecule has 2 aromatic rings. The highest BCUT2D eigenvalue weighted by Gasteiger charge is 2.18. The summed E-state index contributed by atoms with van der Waals surface area (Å²) in [4.78, 5) is 11.4. The fourth-order valence-corrected chi connectivity index (χ4v) is 1.79. The van der Waals surface area contributed by atoms with Crippen molar-refractivity contribution in [2.75, 3.05) is 7.11 Å². The first-order valence-corrected chi connectivity index (χ1v) is 4.72. The van der Waals surface area contributed by atoms with Gasteiger partial charge < -0.3 is 9.15 Å². The SMILES string of the molecule is COC(=O)c1oc2cccc(C)c2c1C. The lowest BCUT2D eigenvalue weighted by Gasteiger charge is -1.95. The maximum Gasteiger partial charge on any atom is 0.374 e. The molecule has 3 heteroatoms. The van der Waals surface area contributed by atoms with E-state index < -0.39 is 5.97 Å². The van der Waals surface area contributed by atoms with Gasteiger partial charge in [0.05, 0.1) is 7.11 Å². The van der Waals surface area contributed by atoms with Gasteiger partial charge in [-0.05, 0) is 25.5 Å². The number of fused-ring (bicyclic) bond motifs is 1. The zero-order chi connectivity index (χ0) is 11.0. The normalized spacial score (nSPS) is 10.6. The first kappa shape index (κ1) is 9.77. The lowest BCUT2D eigenvalue weighted by Crippen LogP contribution is -2.00. The second kappa shape index (κ2) is 3.42. The average Bonchev–Trinajstić information content (AvgIpc) is 2.56. The number of methoxy groups -OCH3 is 1. The number of aryl methyl sites for hydroxylation is 2. The minimum Gasteiger partial charge on any atom is -0.463 e. The molecule has 0 N–H and O–H groups in total. The number of carbonyl (C=O) groups is 1. The van der Waals surface area contributed by atoms with Gasteiger partial charge in [0.1, 0.15) is 5.58 Å².